The van der Waals surface area contributed by atoms with Crippen molar-refractivity contribution in [2.75, 3.05) is 6.54 Å². The smallest absolute Gasteiger partial charge is 0.270 e. The molecule has 2 amide bonds. The minimum atomic E-state index is -0.719. The summed E-state index contributed by atoms with van der Waals surface area (Å²) in [6, 6.07) is 19.6. The first-order valence-corrected chi connectivity index (χ1v) is 13.0. The van der Waals surface area contributed by atoms with Gasteiger partial charge >= 0.3 is 0 Å². The average molecular weight is 573 g/mol. The van der Waals surface area contributed by atoms with E-state index in [0.717, 1.165) is 32.1 Å². The molecule has 3 heterocycles. The van der Waals surface area contributed by atoms with E-state index in [4.69, 9.17) is 9.84 Å². The van der Waals surface area contributed by atoms with Crippen molar-refractivity contribution in [3.05, 3.63) is 105 Å². The summed E-state index contributed by atoms with van der Waals surface area (Å²) < 4.78 is 22.6. The average Bonchev–Trinajstić information content (AvgIpc) is 3.58. The molecule has 38 heavy (non-hydrogen) atoms. The van der Waals surface area contributed by atoms with Crippen LogP contribution in [0.15, 0.2) is 82.4 Å². The van der Waals surface area contributed by atoms with Gasteiger partial charge in [-0.05, 0) is 66.9 Å². The predicted molar refractivity (Wildman–Crippen MR) is 142 cm³/mol. The molecule has 4 aromatic rings. The highest BCUT2D eigenvalue weighted by Gasteiger charge is 2.41. The lowest BCUT2D eigenvalue weighted by atomic mass is 10.0. The van der Waals surface area contributed by atoms with Gasteiger partial charge in [-0.15, -0.1) is 0 Å². The van der Waals surface area contributed by atoms with Crippen LogP contribution in [-0.4, -0.2) is 39.1 Å². The lowest BCUT2D eigenvalue weighted by Gasteiger charge is -2.22. The van der Waals surface area contributed by atoms with Crippen LogP contribution in [0.2, 0.25) is 0 Å². The van der Waals surface area contributed by atoms with Crippen molar-refractivity contribution in [2.24, 2.45) is 4.99 Å². The maximum atomic E-state index is 13.7. The van der Waals surface area contributed by atoms with Crippen LogP contribution in [0.1, 0.15) is 24.4 Å². The van der Waals surface area contributed by atoms with Crippen LogP contribution in [0.25, 0.3) is 22.9 Å². The van der Waals surface area contributed by atoms with E-state index >= 15 is 0 Å². The van der Waals surface area contributed by atoms with Crippen molar-refractivity contribution in [1.82, 2.24) is 14.7 Å². The molecular formula is C29H22BrFN4O3. The Balaban J connectivity index is 1.36. The molecule has 0 radical (unpaired) electrons. The van der Waals surface area contributed by atoms with Crippen molar-refractivity contribution >= 4 is 33.8 Å². The van der Waals surface area contributed by atoms with Gasteiger partial charge in [0, 0.05) is 34.1 Å². The predicted octanol–water partition coefficient (Wildman–Crippen LogP) is 3.87. The van der Waals surface area contributed by atoms with Crippen molar-refractivity contribution in [1.29, 1.82) is 0 Å². The highest BCUT2D eigenvalue weighted by atomic mass is 79.9. The summed E-state index contributed by atoms with van der Waals surface area (Å²) in [6.07, 6.45) is 2.57. The monoisotopic (exact) mass is 572 g/mol. The largest absolute Gasteiger partial charge is 0.339 e. The van der Waals surface area contributed by atoms with E-state index in [-0.39, 0.29) is 17.6 Å². The molecule has 6 rings (SSSR count). The summed E-state index contributed by atoms with van der Waals surface area (Å²) in [6.45, 7) is 2.12. The number of fused-ring (bicyclic) bond motifs is 1. The standard InChI is InChI=1S/C29H22BrFN4O3/c1-17-28(37)34(13-12-18-2-3-20-15-26(36)32-25(20)14-18)29(38-17)27-24(19-4-8-22(31)9-5-19)16-35(33-27)23-10-6-21(30)7-11-23/h2-11,14-17,29H,12-13H2,1H3. The SMILES string of the molecule is CC1OC(c2nn(-c3ccc(Br)cc3)cc2-c2ccc(F)cc2)N(CCc2ccc3c(c2)=NC(=O)C=3)C1=O. The van der Waals surface area contributed by atoms with E-state index in [1.807, 2.05) is 48.7 Å². The van der Waals surface area contributed by atoms with E-state index in [1.54, 1.807) is 28.6 Å². The molecule has 2 aliphatic heterocycles. The van der Waals surface area contributed by atoms with E-state index in [2.05, 4.69) is 20.9 Å². The minimum Gasteiger partial charge on any atom is -0.339 e. The normalized spacial score (nSPS) is 18.4. The summed E-state index contributed by atoms with van der Waals surface area (Å²) >= 11 is 3.46. The van der Waals surface area contributed by atoms with Crippen LogP contribution in [0.5, 0.6) is 0 Å². The van der Waals surface area contributed by atoms with Gasteiger partial charge in [0.05, 0.1) is 11.0 Å². The van der Waals surface area contributed by atoms with Gasteiger partial charge in [-0.2, -0.15) is 5.10 Å². The third kappa shape index (κ3) is 4.59. The molecule has 3 aromatic carbocycles. The van der Waals surface area contributed by atoms with Gasteiger partial charge in [0.2, 0.25) is 0 Å². The number of ether oxygens (including phenoxy) is 1. The van der Waals surface area contributed by atoms with Crippen LogP contribution < -0.4 is 10.6 Å². The van der Waals surface area contributed by atoms with E-state index in [1.165, 1.54) is 18.2 Å². The second kappa shape index (κ2) is 9.74. The van der Waals surface area contributed by atoms with Crippen LogP contribution in [-0.2, 0) is 20.7 Å². The quantitative estimate of drug-likeness (QED) is 0.351. The molecule has 2 atom stereocenters. The molecule has 0 spiro atoms. The molecular weight excluding hydrogens is 551 g/mol. The van der Waals surface area contributed by atoms with Crippen LogP contribution in [0, 0.1) is 5.82 Å². The second-order valence-electron chi connectivity index (χ2n) is 9.26. The van der Waals surface area contributed by atoms with Gasteiger partial charge in [-0.3, -0.25) is 9.59 Å². The molecule has 0 bridgehead atoms. The molecule has 2 unspecified atom stereocenters. The van der Waals surface area contributed by atoms with Crippen molar-refractivity contribution in [3.63, 3.8) is 0 Å². The molecule has 7 nitrogen and oxygen atoms in total. The number of hydrogen-bond donors (Lipinski definition) is 0. The molecule has 0 aliphatic carbocycles. The molecule has 9 heteroatoms. The number of aromatic nitrogens is 2. The highest BCUT2D eigenvalue weighted by molar-refractivity contribution is 9.10. The lowest BCUT2D eigenvalue weighted by Crippen LogP contribution is -2.33. The molecule has 1 aromatic heterocycles. The molecule has 190 valence electrons. The van der Waals surface area contributed by atoms with Crippen molar-refractivity contribution in [2.45, 2.75) is 25.7 Å². The number of rotatable bonds is 6. The summed E-state index contributed by atoms with van der Waals surface area (Å²) in [4.78, 5) is 30.5. The first-order valence-electron chi connectivity index (χ1n) is 12.2. The number of amides is 2. The van der Waals surface area contributed by atoms with Crippen LogP contribution >= 0.6 is 15.9 Å². The minimum absolute atomic E-state index is 0.132. The van der Waals surface area contributed by atoms with E-state index in [9.17, 15) is 14.0 Å². The Morgan fingerprint density at radius 2 is 1.79 bits per heavy atom. The van der Waals surface area contributed by atoms with Gasteiger partial charge < -0.3 is 9.64 Å². The maximum Gasteiger partial charge on any atom is 0.270 e. The summed E-state index contributed by atoms with van der Waals surface area (Å²) in [7, 11) is 0. The fourth-order valence-corrected chi connectivity index (χ4v) is 5.02. The Hall–Kier alpha value is -3.95. The Bertz CT molecular complexity index is 1680. The second-order valence-corrected chi connectivity index (χ2v) is 10.2. The highest BCUT2D eigenvalue weighted by Crippen LogP contribution is 2.37. The molecule has 0 saturated carbocycles. The van der Waals surface area contributed by atoms with Crippen molar-refractivity contribution in [3.8, 4) is 16.8 Å². The molecule has 1 fully saturated rings. The Labute approximate surface area is 226 Å². The first-order chi connectivity index (χ1) is 18.4. The summed E-state index contributed by atoms with van der Waals surface area (Å²) in [5, 5.41) is 6.30. The fourth-order valence-electron chi connectivity index (χ4n) is 4.76. The zero-order valence-electron chi connectivity index (χ0n) is 20.3. The molecule has 0 N–H and O–H groups in total. The van der Waals surface area contributed by atoms with Gasteiger partial charge in [0.15, 0.2) is 6.23 Å². The third-order valence-electron chi connectivity index (χ3n) is 6.72. The number of nitrogens with zero attached hydrogens (tertiary/aromatic N) is 4. The Morgan fingerprint density at radius 3 is 2.55 bits per heavy atom. The van der Waals surface area contributed by atoms with E-state index in [0.29, 0.717) is 24.0 Å². The molecule has 1 saturated heterocycles. The maximum absolute atomic E-state index is 13.7. The number of carbonyl (C=O) groups is 2. The van der Waals surface area contributed by atoms with Gasteiger partial charge in [0.25, 0.3) is 11.8 Å². The van der Waals surface area contributed by atoms with Crippen LogP contribution in [0.3, 0.4) is 0 Å². The Kier molecular flexibility index (Phi) is 6.25. The fraction of sp³-hybridized carbons (Fsp3) is 0.172. The number of hydrogen-bond acceptors (Lipinski definition) is 4. The van der Waals surface area contributed by atoms with Gasteiger partial charge in [0.1, 0.15) is 17.6 Å². The van der Waals surface area contributed by atoms with Crippen LogP contribution in [0.4, 0.5) is 4.39 Å². The van der Waals surface area contributed by atoms with E-state index < -0.39 is 12.3 Å². The zero-order chi connectivity index (χ0) is 26.4. The summed E-state index contributed by atoms with van der Waals surface area (Å²) in [5.41, 5.74) is 3.87. The molecule has 2 aliphatic rings. The number of carbonyl (C=O) groups excluding carboxylic acids is 2. The Morgan fingerprint density at radius 1 is 1.03 bits per heavy atom. The lowest BCUT2D eigenvalue weighted by molar-refractivity contribution is -0.130. The zero-order valence-corrected chi connectivity index (χ0v) is 21.9. The number of halogens is 2. The van der Waals surface area contributed by atoms with Gasteiger partial charge in [-0.1, -0.05) is 40.2 Å². The number of benzene rings is 3. The topological polar surface area (TPSA) is 76.8 Å². The third-order valence-corrected chi connectivity index (χ3v) is 7.24. The first kappa shape index (κ1) is 24.4. The van der Waals surface area contributed by atoms with Gasteiger partial charge in [-0.25, -0.2) is 14.1 Å². The van der Waals surface area contributed by atoms with Crippen molar-refractivity contribution < 1.29 is 18.7 Å². The summed E-state index contributed by atoms with van der Waals surface area (Å²) in [5.74, 6) is -0.727.